The van der Waals surface area contributed by atoms with Gasteiger partial charge in [-0.1, -0.05) is 17.3 Å². The third kappa shape index (κ3) is 13.3. The lowest BCUT2D eigenvalue weighted by Crippen LogP contribution is -2.46. The highest BCUT2D eigenvalue weighted by molar-refractivity contribution is 5.94. The fourth-order valence-corrected chi connectivity index (χ4v) is 3.43. The first-order chi connectivity index (χ1) is 19.1. The Morgan fingerprint density at radius 3 is 2.55 bits per heavy atom. The van der Waals surface area contributed by atoms with Gasteiger partial charge in [-0.05, 0) is 51.3 Å². The number of aliphatic hydroxyl groups is 1. The molecule has 4 amide bonds. The SMILES string of the molecule is CC(CCn1cc(CNC=O)nn1)OCCC(C)(C)NC(=O)COCC(=O)NCC(=O)Nc1ccc(CO)cc1. The Hall–Kier alpha value is -3.88. The molecule has 2 rings (SSSR count). The molecular weight excluding hydrogens is 522 g/mol. The zero-order valence-corrected chi connectivity index (χ0v) is 23.1. The summed E-state index contributed by atoms with van der Waals surface area (Å²) >= 11 is 0. The molecule has 40 heavy (non-hydrogen) atoms. The van der Waals surface area contributed by atoms with Crippen LogP contribution in [0.3, 0.4) is 0 Å². The van der Waals surface area contributed by atoms with E-state index in [1.165, 1.54) is 0 Å². The number of amides is 4. The van der Waals surface area contributed by atoms with Crippen molar-refractivity contribution in [2.24, 2.45) is 0 Å². The second-order valence-corrected chi connectivity index (χ2v) is 9.80. The first kappa shape index (κ1) is 32.3. The molecule has 0 aliphatic heterocycles. The lowest BCUT2D eigenvalue weighted by atomic mass is 10.0. The predicted molar refractivity (Wildman–Crippen MR) is 145 cm³/mol. The van der Waals surface area contributed by atoms with E-state index in [-0.39, 0.29) is 38.4 Å². The van der Waals surface area contributed by atoms with E-state index in [0.29, 0.717) is 50.3 Å². The van der Waals surface area contributed by atoms with Crippen LogP contribution in [0, 0.1) is 0 Å². The van der Waals surface area contributed by atoms with E-state index in [0.717, 1.165) is 5.56 Å². The Morgan fingerprint density at radius 1 is 1.12 bits per heavy atom. The minimum absolute atomic E-state index is 0.0389. The van der Waals surface area contributed by atoms with Gasteiger partial charge < -0.3 is 35.8 Å². The maximum absolute atomic E-state index is 12.3. The highest BCUT2D eigenvalue weighted by Crippen LogP contribution is 2.11. The van der Waals surface area contributed by atoms with E-state index in [1.54, 1.807) is 35.1 Å². The highest BCUT2D eigenvalue weighted by Gasteiger charge is 2.21. The van der Waals surface area contributed by atoms with Crippen molar-refractivity contribution in [1.29, 1.82) is 0 Å². The van der Waals surface area contributed by atoms with Crippen LogP contribution in [0.25, 0.3) is 0 Å². The van der Waals surface area contributed by atoms with Crippen molar-refractivity contribution in [1.82, 2.24) is 30.9 Å². The van der Waals surface area contributed by atoms with E-state index < -0.39 is 17.4 Å². The summed E-state index contributed by atoms with van der Waals surface area (Å²) in [6, 6.07) is 6.65. The fraction of sp³-hybridized carbons (Fsp3) is 0.538. The molecule has 0 aliphatic carbocycles. The second-order valence-electron chi connectivity index (χ2n) is 9.80. The number of benzene rings is 1. The number of aryl methyl sites for hydroxylation is 1. The van der Waals surface area contributed by atoms with Crippen LogP contribution in [-0.2, 0) is 48.3 Å². The lowest BCUT2D eigenvalue weighted by Gasteiger charge is -2.27. The van der Waals surface area contributed by atoms with Crippen molar-refractivity contribution in [2.75, 3.05) is 31.7 Å². The van der Waals surface area contributed by atoms with Crippen molar-refractivity contribution in [3.05, 3.63) is 41.7 Å². The number of hydrogen-bond donors (Lipinski definition) is 5. The Kier molecular flexibility index (Phi) is 13.7. The van der Waals surface area contributed by atoms with Gasteiger partial charge in [0.15, 0.2) is 0 Å². The number of nitrogens with one attached hydrogen (secondary N) is 4. The predicted octanol–water partition coefficient (Wildman–Crippen LogP) is -0.132. The summed E-state index contributed by atoms with van der Waals surface area (Å²) < 4.78 is 12.7. The van der Waals surface area contributed by atoms with E-state index >= 15 is 0 Å². The van der Waals surface area contributed by atoms with Gasteiger partial charge in [-0.25, -0.2) is 0 Å². The fourth-order valence-electron chi connectivity index (χ4n) is 3.43. The molecule has 220 valence electrons. The van der Waals surface area contributed by atoms with Gasteiger partial charge in [-0.2, -0.15) is 0 Å². The molecule has 0 bridgehead atoms. The molecule has 0 saturated heterocycles. The summed E-state index contributed by atoms with van der Waals surface area (Å²) in [7, 11) is 0. The second kappa shape index (κ2) is 16.9. The Bertz CT molecular complexity index is 1090. The van der Waals surface area contributed by atoms with Gasteiger partial charge in [0.25, 0.3) is 0 Å². The van der Waals surface area contributed by atoms with Gasteiger partial charge in [-0.3, -0.25) is 23.9 Å². The molecular formula is C26H39N7O7. The average Bonchev–Trinajstić information content (AvgIpc) is 3.37. The Morgan fingerprint density at radius 2 is 1.85 bits per heavy atom. The van der Waals surface area contributed by atoms with Crippen LogP contribution < -0.4 is 21.3 Å². The number of anilines is 1. The van der Waals surface area contributed by atoms with Crippen LogP contribution in [0.4, 0.5) is 5.69 Å². The smallest absolute Gasteiger partial charge is 0.246 e. The Labute approximate surface area is 233 Å². The number of ether oxygens (including phenoxy) is 2. The van der Waals surface area contributed by atoms with Crippen molar-refractivity contribution < 1.29 is 33.8 Å². The van der Waals surface area contributed by atoms with Crippen LogP contribution in [-0.4, -0.2) is 82.2 Å². The molecule has 2 aromatic rings. The normalized spacial score (nSPS) is 11.9. The summed E-state index contributed by atoms with van der Waals surface area (Å²) in [5, 5.41) is 27.5. The molecule has 0 radical (unpaired) electrons. The topological polar surface area (TPSA) is 186 Å². The van der Waals surface area contributed by atoms with Crippen LogP contribution in [0.5, 0.6) is 0 Å². The molecule has 5 N–H and O–H groups in total. The number of rotatable bonds is 19. The van der Waals surface area contributed by atoms with Crippen LogP contribution >= 0.6 is 0 Å². The maximum Gasteiger partial charge on any atom is 0.246 e. The van der Waals surface area contributed by atoms with Gasteiger partial charge in [0, 0.05) is 24.4 Å². The van der Waals surface area contributed by atoms with Crippen molar-refractivity contribution in [3.63, 3.8) is 0 Å². The summed E-state index contributed by atoms with van der Waals surface area (Å²) in [6.45, 7) is 6.05. The molecule has 14 nitrogen and oxygen atoms in total. The number of carbonyl (C=O) groups excluding carboxylic acids is 4. The largest absolute Gasteiger partial charge is 0.392 e. The zero-order chi connectivity index (χ0) is 29.4. The number of aliphatic hydroxyl groups excluding tert-OH is 1. The van der Waals surface area contributed by atoms with Gasteiger partial charge in [-0.15, -0.1) is 5.10 Å². The zero-order valence-electron chi connectivity index (χ0n) is 23.1. The van der Waals surface area contributed by atoms with Gasteiger partial charge >= 0.3 is 0 Å². The molecule has 0 saturated carbocycles. The van der Waals surface area contributed by atoms with Crippen LogP contribution in [0.2, 0.25) is 0 Å². The molecule has 1 aromatic carbocycles. The molecule has 0 aliphatic rings. The quantitative estimate of drug-likeness (QED) is 0.146. The van der Waals surface area contributed by atoms with E-state index in [9.17, 15) is 19.2 Å². The molecule has 0 fully saturated rings. The number of carbonyl (C=O) groups is 4. The van der Waals surface area contributed by atoms with E-state index in [4.69, 9.17) is 14.6 Å². The standard InChI is InChI=1S/C26H39N7O7/c1-19(8-10-33-14-22(31-32-33)12-27-18-35)40-11-9-26(2,3)30-25(38)17-39-16-24(37)28-13-23(36)29-21-6-4-20(15-34)5-7-21/h4-7,14,18-19,34H,8-13,15-17H2,1-3H3,(H,27,35)(H,28,37)(H,29,36)(H,30,38). The minimum atomic E-state index is -0.553. The van der Waals surface area contributed by atoms with Crippen molar-refractivity contribution in [3.8, 4) is 0 Å². The van der Waals surface area contributed by atoms with Crippen molar-refractivity contribution >= 4 is 29.8 Å². The first-order valence-electron chi connectivity index (χ1n) is 12.9. The summed E-state index contributed by atoms with van der Waals surface area (Å²) in [5.74, 6) is -1.32. The van der Waals surface area contributed by atoms with Crippen LogP contribution in [0.1, 0.15) is 44.9 Å². The number of aromatic nitrogens is 3. The summed E-state index contributed by atoms with van der Waals surface area (Å²) in [5.41, 5.74) is 1.38. The third-order valence-electron chi connectivity index (χ3n) is 5.66. The minimum Gasteiger partial charge on any atom is -0.392 e. The van der Waals surface area contributed by atoms with E-state index in [1.807, 2.05) is 20.8 Å². The Balaban J connectivity index is 1.55. The third-order valence-corrected chi connectivity index (χ3v) is 5.66. The summed E-state index contributed by atoms with van der Waals surface area (Å²) in [6.07, 6.45) is 3.62. The molecule has 14 heteroatoms. The molecule has 1 aromatic heterocycles. The monoisotopic (exact) mass is 561 g/mol. The number of nitrogens with zero attached hydrogens (tertiary/aromatic N) is 3. The van der Waals surface area contributed by atoms with Gasteiger partial charge in [0.05, 0.1) is 32.0 Å². The van der Waals surface area contributed by atoms with Crippen LogP contribution in [0.15, 0.2) is 30.5 Å². The lowest BCUT2D eigenvalue weighted by molar-refractivity contribution is -0.133. The van der Waals surface area contributed by atoms with Gasteiger partial charge in [0.2, 0.25) is 24.1 Å². The number of hydrogen-bond acceptors (Lipinski definition) is 9. The summed E-state index contributed by atoms with van der Waals surface area (Å²) in [4.78, 5) is 46.5. The first-order valence-corrected chi connectivity index (χ1v) is 12.9. The molecule has 1 heterocycles. The molecule has 0 spiro atoms. The average molecular weight is 562 g/mol. The molecule has 1 atom stereocenters. The maximum atomic E-state index is 12.3. The molecule has 1 unspecified atom stereocenters. The van der Waals surface area contributed by atoms with Crippen molar-refractivity contribution in [2.45, 2.75) is 65.0 Å². The van der Waals surface area contributed by atoms with E-state index in [2.05, 4.69) is 31.6 Å². The highest BCUT2D eigenvalue weighted by atomic mass is 16.5. The van der Waals surface area contributed by atoms with Gasteiger partial charge in [0.1, 0.15) is 18.9 Å².